The van der Waals surface area contributed by atoms with Gasteiger partial charge in [0.1, 0.15) is 0 Å². The second-order valence-corrected chi connectivity index (χ2v) is 2.95. The molecule has 0 radical (unpaired) electrons. The van der Waals surface area contributed by atoms with Gasteiger partial charge in [-0.15, -0.1) is 0 Å². The zero-order chi connectivity index (χ0) is 8.69. The number of aliphatic hydroxyl groups is 2. The van der Waals surface area contributed by atoms with Crippen molar-refractivity contribution in [2.45, 2.75) is 45.3 Å². The summed E-state index contributed by atoms with van der Waals surface area (Å²) in [7, 11) is 0. The number of hydrogen-bond acceptors (Lipinski definition) is 2. The third-order valence-electron chi connectivity index (χ3n) is 1.41. The molecule has 0 saturated carbocycles. The molecule has 0 aliphatic rings. The molecule has 11 heavy (non-hydrogen) atoms. The molecule has 0 heterocycles. The Kier molecular flexibility index (Phi) is 6.18. The van der Waals surface area contributed by atoms with E-state index in [0.29, 0.717) is 0 Å². The lowest BCUT2D eigenvalue weighted by molar-refractivity contribution is 0.182. The number of rotatable bonds is 5. The Balaban J connectivity index is 3.14. The van der Waals surface area contributed by atoms with Crippen LogP contribution >= 0.6 is 0 Å². The van der Waals surface area contributed by atoms with Gasteiger partial charge in [-0.2, -0.15) is 0 Å². The second kappa shape index (κ2) is 6.38. The van der Waals surface area contributed by atoms with E-state index in [1.54, 1.807) is 19.9 Å². The van der Waals surface area contributed by atoms with Crippen LogP contribution in [0.3, 0.4) is 0 Å². The minimum Gasteiger partial charge on any atom is -0.393 e. The predicted molar refractivity (Wildman–Crippen MR) is 46.4 cm³/mol. The molecule has 66 valence electrons. The van der Waals surface area contributed by atoms with Crippen LogP contribution < -0.4 is 0 Å². The van der Waals surface area contributed by atoms with Gasteiger partial charge in [-0.3, -0.25) is 0 Å². The van der Waals surface area contributed by atoms with Gasteiger partial charge < -0.3 is 10.2 Å². The summed E-state index contributed by atoms with van der Waals surface area (Å²) in [5.41, 5.74) is 0. The van der Waals surface area contributed by atoms with Crippen molar-refractivity contribution in [2.24, 2.45) is 0 Å². The minimum atomic E-state index is -0.346. The molecule has 0 aromatic heterocycles. The van der Waals surface area contributed by atoms with Crippen LogP contribution in [0.1, 0.15) is 33.1 Å². The average Bonchev–Trinajstić information content (AvgIpc) is 1.85. The third kappa shape index (κ3) is 9.66. The first-order chi connectivity index (χ1) is 5.13. The number of hydrogen-bond donors (Lipinski definition) is 2. The van der Waals surface area contributed by atoms with Crippen LogP contribution in [0.4, 0.5) is 0 Å². The fourth-order valence-corrected chi connectivity index (χ4v) is 0.824. The van der Waals surface area contributed by atoms with Crippen molar-refractivity contribution in [3.63, 3.8) is 0 Å². The zero-order valence-corrected chi connectivity index (χ0v) is 7.33. The van der Waals surface area contributed by atoms with Crippen molar-refractivity contribution in [3.8, 4) is 0 Å². The Morgan fingerprint density at radius 2 is 1.91 bits per heavy atom. The van der Waals surface area contributed by atoms with Gasteiger partial charge >= 0.3 is 0 Å². The molecule has 0 aliphatic carbocycles. The summed E-state index contributed by atoms with van der Waals surface area (Å²) in [5, 5.41) is 17.7. The summed E-state index contributed by atoms with van der Waals surface area (Å²) < 4.78 is 0. The molecular formula is C9H18O2. The Hall–Kier alpha value is -0.340. The summed E-state index contributed by atoms with van der Waals surface area (Å²) >= 11 is 0. The number of unbranched alkanes of at least 4 members (excludes halogenated alkanes) is 1. The lowest BCUT2D eigenvalue weighted by atomic mass is 10.1. The van der Waals surface area contributed by atoms with Gasteiger partial charge in [-0.1, -0.05) is 12.2 Å². The molecular weight excluding hydrogens is 140 g/mol. The Labute approximate surface area is 68.6 Å². The first-order valence-corrected chi connectivity index (χ1v) is 4.15. The smallest absolute Gasteiger partial charge is 0.0692 e. The van der Waals surface area contributed by atoms with Crippen molar-refractivity contribution in [2.75, 3.05) is 0 Å². The average molecular weight is 158 g/mol. The van der Waals surface area contributed by atoms with Crippen molar-refractivity contribution < 1.29 is 10.2 Å². The highest BCUT2D eigenvalue weighted by Crippen LogP contribution is 2.00. The summed E-state index contributed by atoms with van der Waals surface area (Å²) in [6.07, 6.45) is 5.94. The van der Waals surface area contributed by atoms with Crippen LogP contribution in [0.25, 0.3) is 0 Å². The molecule has 0 bridgehead atoms. The molecule has 0 amide bonds. The molecule has 2 heteroatoms. The van der Waals surface area contributed by atoms with E-state index >= 15 is 0 Å². The van der Waals surface area contributed by atoms with E-state index in [-0.39, 0.29) is 12.2 Å². The summed E-state index contributed by atoms with van der Waals surface area (Å²) in [6.45, 7) is 3.52. The lowest BCUT2D eigenvalue weighted by Gasteiger charge is -2.00. The standard InChI is InChI=1S/C9H18O2/c1-8(10)6-4-3-5-7-9(2)11/h4,6,8-11H,3,5,7H2,1-2H3/b6-4-/t8-,9-/m0/s1. The van der Waals surface area contributed by atoms with Crippen molar-refractivity contribution >= 4 is 0 Å². The van der Waals surface area contributed by atoms with Gasteiger partial charge in [0.05, 0.1) is 12.2 Å². The molecule has 2 nitrogen and oxygen atoms in total. The Morgan fingerprint density at radius 1 is 1.27 bits per heavy atom. The fraction of sp³-hybridized carbons (Fsp3) is 0.778. The van der Waals surface area contributed by atoms with Crippen LogP contribution in [0.5, 0.6) is 0 Å². The highest BCUT2D eigenvalue weighted by atomic mass is 16.3. The molecule has 0 aromatic carbocycles. The molecule has 0 fully saturated rings. The number of aliphatic hydroxyl groups excluding tert-OH is 2. The monoisotopic (exact) mass is 158 g/mol. The normalized spacial score (nSPS) is 17.1. The second-order valence-electron chi connectivity index (χ2n) is 2.95. The quantitative estimate of drug-likeness (QED) is 0.470. The van der Waals surface area contributed by atoms with Gasteiger partial charge in [0, 0.05) is 0 Å². The summed E-state index contributed by atoms with van der Waals surface area (Å²) in [5.74, 6) is 0. The van der Waals surface area contributed by atoms with Gasteiger partial charge in [0.15, 0.2) is 0 Å². The predicted octanol–water partition coefficient (Wildman–Crippen LogP) is 1.47. The van der Waals surface area contributed by atoms with Crippen molar-refractivity contribution in [1.29, 1.82) is 0 Å². The molecule has 0 spiro atoms. The van der Waals surface area contributed by atoms with E-state index in [0.717, 1.165) is 19.3 Å². The van der Waals surface area contributed by atoms with Gasteiger partial charge in [-0.05, 0) is 33.1 Å². The first kappa shape index (κ1) is 10.7. The van der Waals surface area contributed by atoms with Gasteiger partial charge in [0.25, 0.3) is 0 Å². The van der Waals surface area contributed by atoms with Crippen LogP contribution in [-0.2, 0) is 0 Å². The number of allylic oxidation sites excluding steroid dienone is 1. The van der Waals surface area contributed by atoms with E-state index in [2.05, 4.69) is 0 Å². The van der Waals surface area contributed by atoms with Crippen LogP contribution in [0.15, 0.2) is 12.2 Å². The van der Waals surface area contributed by atoms with E-state index in [1.165, 1.54) is 0 Å². The molecule has 0 saturated heterocycles. The van der Waals surface area contributed by atoms with E-state index in [9.17, 15) is 0 Å². The highest BCUT2D eigenvalue weighted by Gasteiger charge is 1.92. The Bertz CT molecular complexity index is 106. The molecule has 2 atom stereocenters. The highest BCUT2D eigenvalue weighted by molar-refractivity contribution is 4.85. The maximum absolute atomic E-state index is 8.89. The topological polar surface area (TPSA) is 40.5 Å². The van der Waals surface area contributed by atoms with Gasteiger partial charge in [-0.25, -0.2) is 0 Å². The summed E-state index contributed by atoms with van der Waals surface area (Å²) in [4.78, 5) is 0. The summed E-state index contributed by atoms with van der Waals surface area (Å²) in [6, 6.07) is 0. The van der Waals surface area contributed by atoms with Crippen molar-refractivity contribution in [3.05, 3.63) is 12.2 Å². The molecule has 0 aromatic rings. The van der Waals surface area contributed by atoms with E-state index in [1.807, 2.05) is 6.08 Å². The maximum atomic E-state index is 8.89. The minimum absolute atomic E-state index is 0.199. The molecule has 2 N–H and O–H groups in total. The largest absolute Gasteiger partial charge is 0.393 e. The van der Waals surface area contributed by atoms with Crippen LogP contribution in [0.2, 0.25) is 0 Å². The third-order valence-corrected chi connectivity index (χ3v) is 1.41. The maximum Gasteiger partial charge on any atom is 0.0692 e. The first-order valence-electron chi connectivity index (χ1n) is 4.15. The zero-order valence-electron chi connectivity index (χ0n) is 7.33. The van der Waals surface area contributed by atoms with Crippen LogP contribution in [0, 0.1) is 0 Å². The lowest BCUT2D eigenvalue weighted by Crippen LogP contribution is -1.98. The van der Waals surface area contributed by atoms with E-state index < -0.39 is 0 Å². The van der Waals surface area contributed by atoms with Crippen LogP contribution in [-0.4, -0.2) is 22.4 Å². The van der Waals surface area contributed by atoms with E-state index in [4.69, 9.17) is 10.2 Å². The fourth-order valence-electron chi connectivity index (χ4n) is 0.824. The molecule has 0 rings (SSSR count). The van der Waals surface area contributed by atoms with Gasteiger partial charge in [0.2, 0.25) is 0 Å². The Morgan fingerprint density at radius 3 is 2.36 bits per heavy atom. The molecule has 0 unspecified atom stereocenters. The molecule has 0 aliphatic heterocycles. The van der Waals surface area contributed by atoms with Crippen molar-refractivity contribution in [1.82, 2.24) is 0 Å². The SMILES string of the molecule is C[C@H](O)/C=C\CCC[C@H](C)O.